The molecule has 0 saturated carbocycles. The Labute approximate surface area is 556 Å². The van der Waals surface area contributed by atoms with E-state index in [4.69, 9.17) is 4.74 Å². The molecule has 0 fully saturated rings. The maximum Gasteiger partial charge on any atom is 0.305 e. The lowest BCUT2D eigenvalue weighted by Gasteiger charge is -2.20. The number of amides is 1. The summed E-state index contributed by atoms with van der Waals surface area (Å²) in [6, 6.07) is -0.628. The van der Waals surface area contributed by atoms with Crippen LogP contribution in [0.2, 0.25) is 0 Å². The van der Waals surface area contributed by atoms with Crippen molar-refractivity contribution in [2.24, 2.45) is 0 Å². The molecule has 0 bridgehead atoms. The molecule has 524 valence electrons. The van der Waals surface area contributed by atoms with Crippen molar-refractivity contribution in [3.8, 4) is 0 Å². The Morgan fingerprint density at radius 1 is 0.315 bits per heavy atom. The van der Waals surface area contributed by atoms with Crippen LogP contribution in [0.3, 0.4) is 0 Å². The Kier molecular flexibility index (Phi) is 76.3. The SMILES string of the molecule is CCCCC/C=C\C/C=C\CCCCCCCCCCCC(=O)OCCCCCCCCCCCCCC/C=C\CCCCCCCCCCCCCCCCCC(=O)NC(CO)C(O)/C=C/CCCCCCCCCCCCCCCCCCCCCC. The summed E-state index contributed by atoms with van der Waals surface area (Å²) in [4.78, 5) is 24.7. The predicted octanol–water partition coefficient (Wildman–Crippen LogP) is 26.8. The van der Waals surface area contributed by atoms with Gasteiger partial charge in [0, 0.05) is 12.8 Å². The van der Waals surface area contributed by atoms with Crippen molar-refractivity contribution in [2.75, 3.05) is 13.2 Å². The molecule has 3 N–H and O–H groups in total. The molecule has 0 saturated heterocycles. The zero-order valence-electron chi connectivity index (χ0n) is 60.2. The van der Waals surface area contributed by atoms with Crippen LogP contribution < -0.4 is 5.32 Å². The highest BCUT2D eigenvalue weighted by Gasteiger charge is 2.18. The molecule has 0 aliphatic carbocycles. The fraction of sp³-hybridized carbons (Fsp3) is 0.880. The molecular formula is C83H157NO5. The lowest BCUT2D eigenvalue weighted by atomic mass is 10.0. The zero-order chi connectivity index (χ0) is 64.2. The molecule has 0 radical (unpaired) electrons. The van der Waals surface area contributed by atoms with Crippen LogP contribution in [0.25, 0.3) is 0 Å². The molecule has 0 heterocycles. The van der Waals surface area contributed by atoms with E-state index in [0.717, 1.165) is 51.4 Å². The first-order chi connectivity index (χ1) is 44.0. The molecule has 6 nitrogen and oxygen atoms in total. The van der Waals surface area contributed by atoms with Gasteiger partial charge in [-0.25, -0.2) is 0 Å². The van der Waals surface area contributed by atoms with Crippen molar-refractivity contribution in [2.45, 2.75) is 456 Å². The number of hydrogen-bond donors (Lipinski definition) is 3. The van der Waals surface area contributed by atoms with Gasteiger partial charge in [0.15, 0.2) is 0 Å². The highest BCUT2D eigenvalue weighted by atomic mass is 16.5. The average Bonchev–Trinajstić information content (AvgIpc) is 3.68. The molecule has 2 unspecified atom stereocenters. The molecule has 0 aromatic carbocycles. The summed E-state index contributed by atoms with van der Waals surface area (Å²) < 4.78 is 5.51. The van der Waals surface area contributed by atoms with E-state index in [9.17, 15) is 19.8 Å². The van der Waals surface area contributed by atoms with Gasteiger partial charge in [-0.2, -0.15) is 0 Å². The summed E-state index contributed by atoms with van der Waals surface area (Å²) in [5, 5.41) is 23.3. The van der Waals surface area contributed by atoms with Crippen LogP contribution in [-0.4, -0.2) is 47.4 Å². The van der Waals surface area contributed by atoms with Gasteiger partial charge in [0.1, 0.15) is 0 Å². The van der Waals surface area contributed by atoms with Crippen LogP contribution in [0.5, 0.6) is 0 Å². The Hall–Kier alpha value is -2.18. The van der Waals surface area contributed by atoms with Gasteiger partial charge in [0.05, 0.1) is 25.4 Å². The van der Waals surface area contributed by atoms with E-state index in [2.05, 4.69) is 55.6 Å². The number of carbonyl (C=O) groups excluding carboxylic acids is 2. The van der Waals surface area contributed by atoms with Crippen LogP contribution in [0.4, 0.5) is 0 Å². The van der Waals surface area contributed by atoms with Gasteiger partial charge in [-0.1, -0.05) is 390 Å². The minimum atomic E-state index is -0.845. The molecule has 2 atom stereocenters. The third-order valence-electron chi connectivity index (χ3n) is 18.8. The van der Waals surface area contributed by atoms with Crippen LogP contribution in [0.1, 0.15) is 444 Å². The minimum Gasteiger partial charge on any atom is -0.466 e. The molecule has 0 spiro atoms. The van der Waals surface area contributed by atoms with E-state index >= 15 is 0 Å². The van der Waals surface area contributed by atoms with Crippen molar-refractivity contribution in [1.82, 2.24) is 5.32 Å². The normalized spacial score (nSPS) is 12.7. The fourth-order valence-electron chi connectivity index (χ4n) is 12.7. The van der Waals surface area contributed by atoms with Crippen molar-refractivity contribution in [1.29, 1.82) is 0 Å². The molecule has 0 aromatic rings. The maximum absolute atomic E-state index is 12.5. The van der Waals surface area contributed by atoms with E-state index < -0.39 is 12.1 Å². The summed E-state index contributed by atoms with van der Waals surface area (Å²) in [5.41, 5.74) is 0. The van der Waals surface area contributed by atoms with E-state index in [1.165, 1.54) is 366 Å². The first-order valence-electron chi connectivity index (χ1n) is 40.4. The van der Waals surface area contributed by atoms with Crippen molar-refractivity contribution in [3.63, 3.8) is 0 Å². The molecule has 6 heteroatoms. The van der Waals surface area contributed by atoms with Gasteiger partial charge in [0.2, 0.25) is 5.91 Å². The maximum atomic E-state index is 12.5. The van der Waals surface area contributed by atoms with Gasteiger partial charge in [-0.05, 0) is 89.9 Å². The lowest BCUT2D eigenvalue weighted by Crippen LogP contribution is -2.45. The van der Waals surface area contributed by atoms with Gasteiger partial charge < -0.3 is 20.3 Å². The number of aliphatic hydroxyl groups excluding tert-OH is 2. The molecule has 0 aliphatic rings. The van der Waals surface area contributed by atoms with Crippen molar-refractivity contribution in [3.05, 3.63) is 48.6 Å². The van der Waals surface area contributed by atoms with Crippen LogP contribution in [0, 0.1) is 0 Å². The number of ether oxygens (including phenoxy) is 1. The van der Waals surface area contributed by atoms with Crippen molar-refractivity contribution < 1.29 is 24.5 Å². The Bertz CT molecular complexity index is 1490. The van der Waals surface area contributed by atoms with Gasteiger partial charge in [-0.3, -0.25) is 9.59 Å². The number of aliphatic hydroxyl groups is 2. The molecule has 1 amide bonds. The van der Waals surface area contributed by atoms with E-state index in [1.807, 2.05) is 6.08 Å². The van der Waals surface area contributed by atoms with Crippen molar-refractivity contribution >= 4 is 11.9 Å². The standard InChI is InChI=1S/C83H157NO5/c1-3-5-7-9-11-13-15-17-19-21-23-24-36-40-43-47-51-55-59-63-67-71-75-81(86)80(79-85)84-82(87)76-72-68-64-60-56-52-48-44-41-37-34-32-30-28-26-25-27-29-31-33-35-38-42-46-50-54-58-62-66-70-74-78-89-83(88)77-73-69-65-61-57-53-49-45-39-22-20-18-16-14-12-10-8-6-4-2/h12,14,18,20,27,29,71,75,80-81,85-86H,3-11,13,15-17,19,21-26,28,30-70,72-74,76-79H2,1-2H3,(H,84,87)/b14-12-,20-18-,29-27-,75-71+. The Balaban J connectivity index is 3.38. The topological polar surface area (TPSA) is 95.9 Å². The number of nitrogens with one attached hydrogen (secondary N) is 1. The highest BCUT2D eigenvalue weighted by Crippen LogP contribution is 2.19. The second-order valence-electron chi connectivity index (χ2n) is 27.7. The van der Waals surface area contributed by atoms with Crippen LogP contribution in [-0.2, 0) is 14.3 Å². The van der Waals surface area contributed by atoms with Crippen LogP contribution in [0.15, 0.2) is 48.6 Å². The third kappa shape index (κ3) is 74.7. The first kappa shape index (κ1) is 86.8. The quantitative estimate of drug-likeness (QED) is 0.0320. The summed E-state index contributed by atoms with van der Waals surface area (Å²) in [6.07, 6.45) is 104. The number of allylic oxidation sites excluding steroid dienone is 7. The number of rotatable bonds is 76. The van der Waals surface area contributed by atoms with Crippen LogP contribution >= 0.6 is 0 Å². The van der Waals surface area contributed by atoms with E-state index in [-0.39, 0.29) is 18.5 Å². The predicted molar refractivity (Wildman–Crippen MR) is 393 cm³/mol. The second-order valence-corrected chi connectivity index (χ2v) is 27.7. The zero-order valence-corrected chi connectivity index (χ0v) is 60.2. The third-order valence-corrected chi connectivity index (χ3v) is 18.8. The Morgan fingerprint density at radius 3 is 0.888 bits per heavy atom. The minimum absolute atomic E-state index is 0.0142. The number of esters is 1. The largest absolute Gasteiger partial charge is 0.466 e. The molecule has 0 aromatic heterocycles. The van der Waals surface area contributed by atoms with Gasteiger partial charge in [0.25, 0.3) is 0 Å². The summed E-state index contributed by atoms with van der Waals surface area (Å²) in [5.74, 6) is -0.0473. The summed E-state index contributed by atoms with van der Waals surface area (Å²) >= 11 is 0. The highest BCUT2D eigenvalue weighted by molar-refractivity contribution is 5.76. The lowest BCUT2D eigenvalue weighted by molar-refractivity contribution is -0.143. The number of hydrogen-bond acceptors (Lipinski definition) is 5. The van der Waals surface area contributed by atoms with E-state index in [1.54, 1.807) is 6.08 Å². The molecular weight excluding hydrogens is 1090 g/mol. The Morgan fingerprint density at radius 2 is 0.562 bits per heavy atom. The average molecular weight is 1250 g/mol. The number of carbonyl (C=O) groups is 2. The monoisotopic (exact) mass is 1250 g/mol. The molecule has 0 rings (SSSR count). The second kappa shape index (κ2) is 78.3. The first-order valence-corrected chi connectivity index (χ1v) is 40.4. The summed E-state index contributed by atoms with van der Waals surface area (Å²) in [7, 11) is 0. The van der Waals surface area contributed by atoms with Gasteiger partial charge >= 0.3 is 5.97 Å². The molecule has 0 aliphatic heterocycles. The molecule has 89 heavy (non-hydrogen) atoms. The van der Waals surface area contributed by atoms with E-state index in [0.29, 0.717) is 19.4 Å². The fourth-order valence-corrected chi connectivity index (χ4v) is 12.7. The van der Waals surface area contributed by atoms with Gasteiger partial charge in [-0.15, -0.1) is 0 Å². The summed E-state index contributed by atoms with van der Waals surface area (Å²) in [6.45, 7) is 4.92. The smallest absolute Gasteiger partial charge is 0.305 e. The number of unbranched alkanes of at least 4 members (excludes halogenated alkanes) is 59.